The molecule has 0 saturated carbocycles. The lowest BCUT2D eigenvalue weighted by Crippen LogP contribution is -2.51. The highest BCUT2D eigenvalue weighted by Gasteiger charge is 2.40. The van der Waals surface area contributed by atoms with Gasteiger partial charge in [-0.1, -0.05) is 6.07 Å². The van der Waals surface area contributed by atoms with Crippen LogP contribution < -0.4 is 4.90 Å². The predicted molar refractivity (Wildman–Crippen MR) is 97.5 cm³/mol. The topological polar surface area (TPSA) is 49.3 Å². The van der Waals surface area contributed by atoms with Crippen molar-refractivity contribution in [2.75, 3.05) is 31.1 Å². The van der Waals surface area contributed by atoms with Gasteiger partial charge in [0.2, 0.25) is 0 Å². The Labute approximate surface area is 148 Å². The Morgan fingerprint density at radius 3 is 2.60 bits per heavy atom. The smallest absolute Gasteiger partial charge is 0.272 e. The summed E-state index contributed by atoms with van der Waals surface area (Å²) in [6, 6.07) is 9.67. The lowest BCUT2D eigenvalue weighted by molar-refractivity contribution is 0.0429. The van der Waals surface area contributed by atoms with Gasteiger partial charge in [0.15, 0.2) is 0 Å². The Balaban J connectivity index is 1.42. The molecule has 130 valence electrons. The molecule has 1 spiro atoms. The van der Waals surface area contributed by atoms with Crippen molar-refractivity contribution in [1.29, 1.82) is 0 Å². The SMILES string of the molecule is O=C(c1ccccn1)N1CCCC2(CCN(c3cccnc3)CC2)C1. The van der Waals surface area contributed by atoms with Crippen molar-refractivity contribution in [2.45, 2.75) is 25.7 Å². The normalized spacial score (nSPS) is 19.8. The van der Waals surface area contributed by atoms with Gasteiger partial charge in [-0.2, -0.15) is 0 Å². The molecule has 5 heteroatoms. The molecule has 0 aromatic carbocycles. The van der Waals surface area contributed by atoms with Crippen LogP contribution in [0.1, 0.15) is 36.2 Å². The number of aromatic nitrogens is 2. The number of rotatable bonds is 2. The number of likely N-dealkylation sites (tertiary alicyclic amines) is 1. The number of amides is 1. The van der Waals surface area contributed by atoms with Crippen LogP contribution in [0.25, 0.3) is 0 Å². The van der Waals surface area contributed by atoms with Crippen LogP contribution in [0.5, 0.6) is 0 Å². The molecular weight excluding hydrogens is 312 g/mol. The van der Waals surface area contributed by atoms with Gasteiger partial charge in [-0.3, -0.25) is 14.8 Å². The molecule has 5 nitrogen and oxygen atoms in total. The number of piperidine rings is 2. The molecule has 4 heterocycles. The van der Waals surface area contributed by atoms with Crippen LogP contribution in [-0.4, -0.2) is 47.0 Å². The zero-order valence-electron chi connectivity index (χ0n) is 14.5. The van der Waals surface area contributed by atoms with Crippen molar-refractivity contribution >= 4 is 11.6 Å². The molecule has 0 atom stereocenters. The van der Waals surface area contributed by atoms with Crippen LogP contribution >= 0.6 is 0 Å². The van der Waals surface area contributed by atoms with Crippen molar-refractivity contribution < 1.29 is 4.79 Å². The standard InChI is InChI=1S/C20H24N4O/c25-19(18-6-1-2-11-22-18)24-12-4-7-20(16-24)8-13-23(14-9-20)17-5-3-10-21-15-17/h1-3,5-6,10-11,15H,4,7-9,12-14,16H2. The zero-order chi connectivity index (χ0) is 17.1. The van der Waals surface area contributed by atoms with E-state index in [4.69, 9.17) is 0 Å². The predicted octanol–water partition coefficient (Wildman–Crippen LogP) is 3.00. The number of carbonyl (C=O) groups excluding carboxylic acids is 1. The van der Waals surface area contributed by atoms with Gasteiger partial charge in [-0.05, 0) is 55.4 Å². The summed E-state index contributed by atoms with van der Waals surface area (Å²) in [6.45, 7) is 3.79. The first-order chi connectivity index (χ1) is 12.3. The van der Waals surface area contributed by atoms with E-state index in [1.54, 1.807) is 6.20 Å². The van der Waals surface area contributed by atoms with Gasteiger partial charge in [0.25, 0.3) is 5.91 Å². The van der Waals surface area contributed by atoms with Crippen LogP contribution in [-0.2, 0) is 0 Å². The van der Waals surface area contributed by atoms with Crippen LogP contribution in [0.3, 0.4) is 0 Å². The average molecular weight is 336 g/mol. The van der Waals surface area contributed by atoms with Crippen molar-refractivity contribution in [2.24, 2.45) is 5.41 Å². The summed E-state index contributed by atoms with van der Waals surface area (Å²) in [5.74, 6) is 0.0781. The Hall–Kier alpha value is -2.43. The van der Waals surface area contributed by atoms with E-state index in [0.717, 1.165) is 45.4 Å². The number of hydrogen-bond acceptors (Lipinski definition) is 4. The fourth-order valence-corrected chi connectivity index (χ4v) is 4.22. The monoisotopic (exact) mass is 336 g/mol. The zero-order valence-corrected chi connectivity index (χ0v) is 14.5. The number of hydrogen-bond donors (Lipinski definition) is 0. The molecule has 4 rings (SSSR count). The van der Waals surface area contributed by atoms with E-state index in [1.807, 2.05) is 41.6 Å². The van der Waals surface area contributed by atoms with Gasteiger partial charge >= 0.3 is 0 Å². The lowest BCUT2D eigenvalue weighted by atomic mass is 9.72. The van der Waals surface area contributed by atoms with Crippen molar-refractivity contribution in [1.82, 2.24) is 14.9 Å². The minimum Gasteiger partial charge on any atom is -0.370 e. The second-order valence-electron chi connectivity index (χ2n) is 7.24. The van der Waals surface area contributed by atoms with Gasteiger partial charge in [0.05, 0.1) is 11.9 Å². The van der Waals surface area contributed by atoms with Gasteiger partial charge < -0.3 is 9.80 Å². The summed E-state index contributed by atoms with van der Waals surface area (Å²) < 4.78 is 0. The van der Waals surface area contributed by atoms with Gasteiger partial charge in [-0.25, -0.2) is 0 Å². The summed E-state index contributed by atoms with van der Waals surface area (Å²) in [6.07, 6.45) is 10.0. The highest BCUT2D eigenvalue weighted by atomic mass is 16.2. The summed E-state index contributed by atoms with van der Waals surface area (Å²) >= 11 is 0. The third-order valence-corrected chi connectivity index (χ3v) is 5.67. The molecule has 0 radical (unpaired) electrons. The first-order valence-corrected chi connectivity index (χ1v) is 9.11. The summed E-state index contributed by atoms with van der Waals surface area (Å²) in [7, 11) is 0. The molecule has 2 aliphatic rings. The molecule has 0 unspecified atom stereocenters. The van der Waals surface area contributed by atoms with Crippen molar-refractivity contribution in [3.05, 3.63) is 54.6 Å². The van der Waals surface area contributed by atoms with E-state index in [0.29, 0.717) is 5.69 Å². The van der Waals surface area contributed by atoms with E-state index in [2.05, 4.69) is 20.9 Å². The molecule has 2 aromatic heterocycles. The van der Waals surface area contributed by atoms with E-state index < -0.39 is 0 Å². The Bertz CT molecular complexity index is 711. The van der Waals surface area contributed by atoms with E-state index in [1.165, 1.54) is 12.1 Å². The van der Waals surface area contributed by atoms with E-state index >= 15 is 0 Å². The summed E-state index contributed by atoms with van der Waals surface area (Å²) in [4.78, 5) is 25.7. The second-order valence-corrected chi connectivity index (χ2v) is 7.24. The molecule has 2 aromatic rings. The van der Waals surface area contributed by atoms with Gasteiger partial charge in [0.1, 0.15) is 5.69 Å². The Kier molecular flexibility index (Phi) is 4.38. The molecule has 2 aliphatic heterocycles. The average Bonchev–Trinajstić information content (AvgIpc) is 2.69. The third kappa shape index (κ3) is 3.36. The van der Waals surface area contributed by atoms with Crippen LogP contribution in [0.2, 0.25) is 0 Å². The number of carbonyl (C=O) groups is 1. The van der Waals surface area contributed by atoms with Gasteiger partial charge in [-0.15, -0.1) is 0 Å². The van der Waals surface area contributed by atoms with Crippen LogP contribution in [0, 0.1) is 5.41 Å². The maximum absolute atomic E-state index is 12.8. The first kappa shape index (κ1) is 16.1. The minimum atomic E-state index is 0.0781. The molecule has 0 bridgehead atoms. The highest BCUT2D eigenvalue weighted by Crippen LogP contribution is 2.40. The molecular formula is C20H24N4O. The maximum atomic E-state index is 12.8. The first-order valence-electron chi connectivity index (χ1n) is 9.11. The molecule has 0 N–H and O–H groups in total. The van der Waals surface area contributed by atoms with E-state index in [9.17, 15) is 4.79 Å². The highest BCUT2D eigenvalue weighted by molar-refractivity contribution is 5.92. The molecule has 2 fully saturated rings. The molecule has 2 saturated heterocycles. The number of pyridine rings is 2. The quantitative estimate of drug-likeness (QED) is 0.846. The fraction of sp³-hybridized carbons (Fsp3) is 0.450. The summed E-state index contributed by atoms with van der Waals surface area (Å²) in [5, 5.41) is 0. The lowest BCUT2D eigenvalue weighted by Gasteiger charge is -2.48. The molecule has 1 amide bonds. The minimum absolute atomic E-state index is 0.0781. The van der Waals surface area contributed by atoms with Crippen LogP contribution in [0.15, 0.2) is 48.9 Å². The van der Waals surface area contributed by atoms with Crippen LogP contribution in [0.4, 0.5) is 5.69 Å². The van der Waals surface area contributed by atoms with E-state index in [-0.39, 0.29) is 11.3 Å². The molecule has 0 aliphatic carbocycles. The largest absolute Gasteiger partial charge is 0.370 e. The van der Waals surface area contributed by atoms with Gasteiger partial charge in [0, 0.05) is 38.6 Å². The summed E-state index contributed by atoms with van der Waals surface area (Å²) in [5.41, 5.74) is 2.03. The second kappa shape index (κ2) is 6.82. The Morgan fingerprint density at radius 1 is 1.00 bits per heavy atom. The number of nitrogens with zero attached hydrogens (tertiary/aromatic N) is 4. The fourth-order valence-electron chi connectivity index (χ4n) is 4.22. The third-order valence-electron chi connectivity index (χ3n) is 5.67. The maximum Gasteiger partial charge on any atom is 0.272 e. The number of anilines is 1. The Morgan fingerprint density at radius 2 is 1.88 bits per heavy atom. The molecule has 25 heavy (non-hydrogen) atoms. The van der Waals surface area contributed by atoms with Crippen molar-refractivity contribution in [3.8, 4) is 0 Å². The van der Waals surface area contributed by atoms with Crippen molar-refractivity contribution in [3.63, 3.8) is 0 Å².